The van der Waals surface area contributed by atoms with Crippen LogP contribution in [0.3, 0.4) is 0 Å². The second-order valence-corrected chi connectivity index (χ2v) is 9.96. The van der Waals surface area contributed by atoms with Gasteiger partial charge in [-0.05, 0) is 62.7 Å². The average Bonchev–Trinajstić information content (AvgIpc) is 3.55. The van der Waals surface area contributed by atoms with Crippen LogP contribution in [0.5, 0.6) is 5.75 Å². The fourth-order valence-electron chi connectivity index (χ4n) is 4.02. The zero-order chi connectivity index (χ0) is 22.1. The van der Waals surface area contributed by atoms with Gasteiger partial charge in [0.1, 0.15) is 11.3 Å². The zero-order valence-corrected chi connectivity index (χ0v) is 19.7. The maximum atomic E-state index is 12.9. The number of amides is 1. The molecule has 8 heteroatoms. The number of carbonyl (C=O) groups excluding carboxylic acids is 1. The van der Waals surface area contributed by atoms with Gasteiger partial charge in [0, 0.05) is 23.1 Å². The molecule has 5 rings (SSSR count). The first-order chi connectivity index (χ1) is 15.6. The minimum absolute atomic E-state index is 0.165. The van der Waals surface area contributed by atoms with Crippen molar-refractivity contribution in [2.24, 2.45) is 0 Å². The number of methoxy groups -OCH3 is 1. The predicted octanol–water partition coefficient (Wildman–Crippen LogP) is 5.58. The lowest BCUT2D eigenvalue weighted by atomic mass is 10.1. The molecule has 0 aliphatic carbocycles. The van der Waals surface area contributed by atoms with E-state index in [2.05, 4.69) is 20.2 Å². The van der Waals surface area contributed by atoms with E-state index in [1.807, 2.05) is 48.7 Å². The Kier molecular flexibility index (Phi) is 5.91. The second-order valence-electron chi connectivity index (χ2n) is 7.90. The van der Waals surface area contributed by atoms with Crippen LogP contribution in [0.1, 0.15) is 33.8 Å². The van der Waals surface area contributed by atoms with Crippen molar-refractivity contribution in [1.82, 2.24) is 14.9 Å². The molecule has 0 unspecified atom stereocenters. The molecule has 2 aromatic carbocycles. The van der Waals surface area contributed by atoms with Crippen LogP contribution in [0.15, 0.2) is 41.8 Å². The first-order valence-corrected chi connectivity index (χ1v) is 12.3. The van der Waals surface area contributed by atoms with Crippen molar-refractivity contribution in [3.63, 3.8) is 0 Å². The van der Waals surface area contributed by atoms with Crippen LogP contribution in [0, 0.1) is 6.92 Å². The molecule has 1 fully saturated rings. The normalized spacial score (nSPS) is 14.2. The van der Waals surface area contributed by atoms with Crippen molar-refractivity contribution in [2.75, 3.05) is 25.5 Å². The van der Waals surface area contributed by atoms with Crippen molar-refractivity contribution in [3.05, 3.63) is 57.9 Å². The smallest absolute Gasteiger partial charge is 0.257 e. The second kappa shape index (κ2) is 8.97. The molecule has 0 radical (unpaired) electrons. The predicted molar refractivity (Wildman–Crippen MR) is 131 cm³/mol. The molecule has 0 saturated carbocycles. The number of aryl methyl sites for hydroxylation is 1. The summed E-state index contributed by atoms with van der Waals surface area (Å²) in [5.74, 6) is 0.514. The molecule has 0 spiro atoms. The molecular formula is C24H24N4O2S2. The Bertz CT molecular complexity index is 1260. The van der Waals surface area contributed by atoms with Gasteiger partial charge >= 0.3 is 0 Å². The largest absolute Gasteiger partial charge is 0.494 e. The van der Waals surface area contributed by atoms with Gasteiger partial charge in [-0.15, -0.1) is 11.3 Å². The topological polar surface area (TPSA) is 67.3 Å². The van der Waals surface area contributed by atoms with Gasteiger partial charge in [-0.2, -0.15) is 0 Å². The molecular weight excluding hydrogens is 440 g/mol. The number of fused-ring (bicyclic) bond motifs is 1. The fraction of sp³-hybridized carbons (Fsp3) is 0.292. The molecule has 1 N–H and O–H groups in total. The Labute approximate surface area is 194 Å². The number of hydrogen-bond acceptors (Lipinski definition) is 7. The minimum Gasteiger partial charge on any atom is -0.494 e. The molecule has 6 nitrogen and oxygen atoms in total. The number of hydrogen-bond donors (Lipinski definition) is 1. The monoisotopic (exact) mass is 464 g/mol. The van der Waals surface area contributed by atoms with E-state index in [4.69, 9.17) is 4.74 Å². The number of likely N-dealkylation sites (tertiary alicyclic amines) is 1. The van der Waals surface area contributed by atoms with Gasteiger partial charge in [0.05, 0.1) is 22.5 Å². The maximum absolute atomic E-state index is 12.9. The Morgan fingerprint density at radius 1 is 1.12 bits per heavy atom. The molecule has 3 heterocycles. The quantitative estimate of drug-likeness (QED) is 0.403. The highest BCUT2D eigenvalue weighted by Gasteiger charge is 2.18. The summed E-state index contributed by atoms with van der Waals surface area (Å²) in [6.45, 7) is 5.25. The van der Waals surface area contributed by atoms with Crippen LogP contribution < -0.4 is 10.1 Å². The third-order valence-electron chi connectivity index (χ3n) is 5.66. The van der Waals surface area contributed by atoms with Gasteiger partial charge in [0.25, 0.3) is 5.91 Å². The number of aromatic nitrogens is 2. The van der Waals surface area contributed by atoms with Crippen molar-refractivity contribution in [2.45, 2.75) is 26.3 Å². The van der Waals surface area contributed by atoms with Crippen LogP contribution >= 0.6 is 22.7 Å². The molecule has 0 bridgehead atoms. The molecule has 1 aliphatic heterocycles. The van der Waals surface area contributed by atoms with E-state index in [0.29, 0.717) is 16.4 Å². The van der Waals surface area contributed by atoms with Crippen molar-refractivity contribution in [3.8, 4) is 17.0 Å². The molecule has 164 valence electrons. The summed E-state index contributed by atoms with van der Waals surface area (Å²) >= 11 is 3.05. The van der Waals surface area contributed by atoms with Crippen molar-refractivity contribution in [1.29, 1.82) is 0 Å². The van der Waals surface area contributed by atoms with E-state index in [1.54, 1.807) is 18.4 Å². The van der Waals surface area contributed by atoms with E-state index >= 15 is 0 Å². The summed E-state index contributed by atoms with van der Waals surface area (Å²) in [5.41, 5.74) is 4.50. The van der Waals surface area contributed by atoms with Crippen molar-refractivity contribution >= 4 is 43.9 Å². The van der Waals surface area contributed by atoms with E-state index in [1.165, 1.54) is 29.7 Å². The van der Waals surface area contributed by atoms with Gasteiger partial charge in [0.2, 0.25) is 0 Å². The SMILES string of the molecule is COc1ccc(-c2csc(C)n2)c2sc(NC(=O)c3ccc(CN4CCCC4)cc3)nc12. The number of thiazole rings is 2. The number of rotatable bonds is 6. The molecule has 2 aromatic heterocycles. The van der Waals surface area contributed by atoms with Gasteiger partial charge in [-0.3, -0.25) is 15.0 Å². The first-order valence-electron chi connectivity index (χ1n) is 10.6. The third kappa shape index (κ3) is 4.26. The molecule has 1 saturated heterocycles. The molecule has 32 heavy (non-hydrogen) atoms. The summed E-state index contributed by atoms with van der Waals surface area (Å²) in [6, 6.07) is 11.8. The maximum Gasteiger partial charge on any atom is 0.257 e. The fourth-order valence-corrected chi connectivity index (χ4v) is 5.63. The Morgan fingerprint density at radius 3 is 2.59 bits per heavy atom. The Hall–Kier alpha value is -2.81. The summed E-state index contributed by atoms with van der Waals surface area (Å²) in [4.78, 5) is 24.6. The average molecular weight is 465 g/mol. The van der Waals surface area contributed by atoms with Gasteiger partial charge in [-0.25, -0.2) is 9.97 Å². The standard InChI is InChI=1S/C24H24N4O2S2/c1-15-25-19(14-31-15)18-9-10-20(30-2)21-22(18)32-24(26-21)27-23(29)17-7-5-16(6-8-17)13-28-11-3-4-12-28/h5-10,14H,3-4,11-13H2,1-2H3,(H,26,27,29). The van der Waals surface area contributed by atoms with E-state index < -0.39 is 0 Å². The van der Waals surface area contributed by atoms with Gasteiger partial charge < -0.3 is 4.74 Å². The number of nitrogens with one attached hydrogen (secondary N) is 1. The van der Waals surface area contributed by atoms with Gasteiger partial charge in [0.15, 0.2) is 5.13 Å². The van der Waals surface area contributed by atoms with Crippen LogP contribution in [0.4, 0.5) is 5.13 Å². The molecule has 1 aliphatic rings. The minimum atomic E-state index is -0.165. The summed E-state index contributed by atoms with van der Waals surface area (Å²) in [6.07, 6.45) is 2.55. The number of anilines is 1. The van der Waals surface area contributed by atoms with E-state index in [0.717, 1.165) is 46.1 Å². The lowest BCUT2D eigenvalue weighted by Crippen LogP contribution is -2.18. The van der Waals surface area contributed by atoms with E-state index in [-0.39, 0.29) is 5.91 Å². The summed E-state index contributed by atoms with van der Waals surface area (Å²) in [7, 11) is 1.63. The number of carbonyl (C=O) groups is 1. The van der Waals surface area contributed by atoms with Crippen LogP contribution in [0.25, 0.3) is 21.5 Å². The lowest BCUT2D eigenvalue weighted by molar-refractivity contribution is 0.102. The first kappa shape index (κ1) is 21.1. The van der Waals surface area contributed by atoms with Crippen LogP contribution in [-0.2, 0) is 6.54 Å². The third-order valence-corrected chi connectivity index (χ3v) is 7.44. The Balaban J connectivity index is 1.38. The van der Waals surface area contributed by atoms with Crippen molar-refractivity contribution < 1.29 is 9.53 Å². The highest BCUT2D eigenvalue weighted by atomic mass is 32.1. The summed E-state index contributed by atoms with van der Waals surface area (Å²) < 4.78 is 6.45. The van der Waals surface area contributed by atoms with Crippen LogP contribution in [-0.4, -0.2) is 41.0 Å². The van der Waals surface area contributed by atoms with Crippen LogP contribution in [0.2, 0.25) is 0 Å². The number of ether oxygens (including phenoxy) is 1. The highest BCUT2D eigenvalue weighted by molar-refractivity contribution is 7.23. The number of benzene rings is 2. The van der Waals surface area contributed by atoms with E-state index in [9.17, 15) is 4.79 Å². The number of nitrogens with zero attached hydrogens (tertiary/aromatic N) is 3. The molecule has 1 amide bonds. The lowest BCUT2D eigenvalue weighted by Gasteiger charge is -2.14. The molecule has 4 aromatic rings. The Morgan fingerprint density at radius 2 is 1.91 bits per heavy atom. The van der Waals surface area contributed by atoms with Gasteiger partial charge in [-0.1, -0.05) is 23.5 Å². The summed E-state index contributed by atoms with van der Waals surface area (Å²) in [5, 5.41) is 6.55. The molecule has 0 atom stereocenters. The zero-order valence-electron chi connectivity index (χ0n) is 18.1. The highest BCUT2D eigenvalue weighted by Crippen LogP contribution is 2.39.